The summed E-state index contributed by atoms with van der Waals surface area (Å²) in [5, 5.41) is 0.619. The van der Waals surface area contributed by atoms with Gasteiger partial charge < -0.3 is 4.74 Å². The predicted molar refractivity (Wildman–Crippen MR) is 109 cm³/mol. The number of benzene rings is 2. The number of carbonyl (C=O) groups excluding carboxylic acids is 1. The Morgan fingerprint density at radius 3 is 2.36 bits per heavy atom. The molecule has 0 N–H and O–H groups in total. The molecule has 0 spiro atoms. The van der Waals surface area contributed by atoms with Crippen molar-refractivity contribution < 1.29 is 9.53 Å². The highest BCUT2D eigenvalue weighted by Gasteiger charge is 2.33. The Kier molecular flexibility index (Phi) is 5.47. The molecule has 0 radical (unpaired) electrons. The number of thioether (sulfide) groups is 1. The van der Waals surface area contributed by atoms with Gasteiger partial charge in [-0.15, -0.1) is 0 Å². The van der Waals surface area contributed by atoms with Crippen LogP contribution in [0.5, 0.6) is 5.75 Å². The molecule has 0 bridgehead atoms. The van der Waals surface area contributed by atoms with E-state index in [-0.39, 0.29) is 12.0 Å². The average Bonchev–Trinajstić information content (AvgIpc) is 2.84. The smallest absolute Gasteiger partial charge is 0.270 e. The van der Waals surface area contributed by atoms with Crippen LogP contribution in [0.25, 0.3) is 6.08 Å². The molecule has 0 aromatic heterocycles. The Balaban J connectivity index is 1.81. The van der Waals surface area contributed by atoms with Gasteiger partial charge in [0.25, 0.3) is 5.91 Å². The molecular weight excluding hydrogens is 374 g/mol. The first kappa shape index (κ1) is 18.0. The molecule has 0 unspecified atom stereocenters. The lowest BCUT2D eigenvalue weighted by Gasteiger charge is -2.14. The van der Waals surface area contributed by atoms with Crippen LogP contribution in [0.4, 0.5) is 5.69 Å². The van der Waals surface area contributed by atoms with E-state index in [1.165, 1.54) is 16.7 Å². The van der Waals surface area contributed by atoms with E-state index >= 15 is 0 Å². The minimum atomic E-state index is -0.125. The van der Waals surface area contributed by atoms with Crippen LogP contribution in [-0.2, 0) is 4.79 Å². The molecule has 2 aromatic carbocycles. The van der Waals surface area contributed by atoms with Gasteiger partial charge in [-0.2, -0.15) is 0 Å². The minimum Gasteiger partial charge on any atom is -0.491 e. The minimum absolute atomic E-state index is 0.125. The summed E-state index contributed by atoms with van der Waals surface area (Å²) in [6.07, 6.45) is 1.97. The number of hydrogen-bond donors (Lipinski definition) is 0. The molecule has 128 valence electrons. The number of thiocarbonyl (C=S) groups is 1. The third kappa shape index (κ3) is 4.24. The summed E-state index contributed by atoms with van der Waals surface area (Å²) in [6, 6.07) is 14.7. The van der Waals surface area contributed by atoms with Crippen molar-refractivity contribution >= 4 is 57.6 Å². The third-order valence-corrected chi connectivity index (χ3v) is 4.98. The number of amides is 1. The second kappa shape index (κ2) is 7.60. The van der Waals surface area contributed by atoms with Crippen molar-refractivity contribution in [1.29, 1.82) is 0 Å². The second-order valence-electron chi connectivity index (χ2n) is 5.73. The van der Waals surface area contributed by atoms with Crippen molar-refractivity contribution in [2.45, 2.75) is 20.0 Å². The molecule has 1 saturated heterocycles. The SMILES string of the molecule is CC(C)Oc1ccc(/C=C2/SC(=S)N(c3ccc(Cl)cc3)C2=O)cc1. The van der Waals surface area contributed by atoms with Gasteiger partial charge in [0.05, 0.1) is 16.7 Å². The van der Waals surface area contributed by atoms with Gasteiger partial charge in [0.1, 0.15) is 5.75 Å². The van der Waals surface area contributed by atoms with E-state index in [1.807, 2.05) is 44.2 Å². The first-order valence-electron chi connectivity index (χ1n) is 7.74. The molecule has 1 aliphatic rings. The van der Waals surface area contributed by atoms with E-state index in [2.05, 4.69) is 0 Å². The van der Waals surface area contributed by atoms with E-state index in [0.29, 0.717) is 14.2 Å². The molecule has 1 heterocycles. The first-order valence-corrected chi connectivity index (χ1v) is 9.34. The maximum Gasteiger partial charge on any atom is 0.270 e. The number of ether oxygens (including phenoxy) is 1. The zero-order chi connectivity index (χ0) is 18.0. The van der Waals surface area contributed by atoms with Gasteiger partial charge in [0.2, 0.25) is 0 Å². The molecule has 3 rings (SSSR count). The molecule has 25 heavy (non-hydrogen) atoms. The number of carbonyl (C=O) groups is 1. The first-order chi connectivity index (χ1) is 11.9. The summed E-state index contributed by atoms with van der Waals surface area (Å²) in [5.74, 6) is 0.681. The number of hydrogen-bond acceptors (Lipinski definition) is 4. The predicted octanol–water partition coefficient (Wildman–Crippen LogP) is 5.53. The molecule has 3 nitrogen and oxygen atoms in total. The largest absolute Gasteiger partial charge is 0.491 e. The second-order valence-corrected chi connectivity index (χ2v) is 7.84. The van der Waals surface area contributed by atoms with E-state index in [0.717, 1.165) is 17.0 Å². The molecule has 0 atom stereocenters. The van der Waals surface area contributed by atoms with Crippen molar-refractivity contribution in [2.24, 2.45) is 0 Å². The molecule has 0 saturated carbocycles. The molecule has 1 fully saturated rings. The lowest BCUT2D eigenvalue weighted by atomic mass is 10.2. The van der Waals surface area contributed by atoms with Gasteiger partial charge in [-0.3, -0.25) is 9.69 Å². The Morgan fingerprint density at radius 2 is 1.76 bits per heavy atom. The highest BCUT2D eigenvalue weighted by molar-refractivity contribution is 8.27. The molecule has 6 heteroatoms. The summed E-state index contributed by atoms with van der Waals surface area (Å²) in [7, 11) is 0. The summed E-state index contributed by atoms with van der Waals surface area (Å²) in [4.78, 5) is 14.8. The zero-order valence-electron chi connectivity index (χ0n) is 13.7. The standard InChI is InChI=1S/C19H16ClNO2S2/c1-12(2)23-16-9-3-13(4-10-16)11-17-18(22)21(19(24)25-17)15-7-5-14(20)6-8-15/h3-12H,1-2H3/b17-11+. The van der Waals surface area contributed by atoms with E-state index in [9.17, 15) is 4.79 Å². The van der Waals surface area contributed by atoms with Gasteiger partial charge in [-0.05, 0) is 61.9 Å². The summed E-state index contributed by atoms with van der Waals surface area (Å²) in [6.45, 7) is 3.96. The number of halogens is 1. The Hall–Kier alpha value is -1.82. The maximum absolute atomic E-state index is 12.7. The summed E-state index contributed by atoms with van der Waals surface area (Å²) >= 11 is 12.6. The van der Waals surface area contributed by atoms with E-state index in [4.69, 9.17) is 28.6 Å². The van der Waals surface area contributed by atoms with Gasteiger partial charge in [-0.25, -0.2) is 0 Å². The van der Waals surface area contributed by atoms with Crippen LogP contribution in [0.3, 0.4) is 0 Å². The highest BCUT2D eigenvalue weighted by Crippen LogP contribution is 2.36. The summed E-state index contributed by atoms with van der Waals surface area (Å²) < 4.78 is 6.14. The van der Waals surface area contributed by atoms with Crippen molar-refractivity contribution in [2.75, 3.05) is 4.90 Å². The van der Waals surface area contributed by atoms with Gasteiger partial charge in [0.15, 0.2) is 4.32 Å². The van der Waals surface area contributed by atoms with Crippen LogP contribution in [0.1, 0.15) is 19.4 Å². The topological polar surface area (TPSA) is 29.5 Å². The lowest BCUT2D eigenvalue weighted by molar-refractivity contribution is -0.113. The third-order valence-electron chi connectivity index (χ3n) is 3.43. The van der Waals surface area contributed by atoms with Crippen LogP contribution < -0.4 is 9.64 Å². The van der Waals surface area contributed by atoms with Gasteiger partial charge in [0, 0.05) is 5.02 Å². The van der Waals surface area contributed by atoms with Crippen molar-refractivity contribution in [3.05, 3.63) is 64.0 Å². The Labute approximate surface area is 161 Å². The van der Waals surface area contributed by atoms with Crippen molar-refractivity contribution in [3.8, 4) is 5.75 Å². The van der Waals surface area contributed by atoms with Crippen LogP contribution in [-0.4, -0.2) is 16.3 Å². The normalized spacial score (nSPS) is 16.2. The quantitative estimate of drug-likeness (QED) is 0.507. The maximum atomic E-state index is 12.7. The zero-order valence-corrected chi connectivity index (χ0v) is 16.1. The van der Waals surface area contributed by atoms with Crippen molar-refractivity contribution in [1.82, 2.24) is 0 Å². The van der Waals surface area contributed by atoms with Crippen molar-refractivity contribution in [3.63, 3.8) is 0 Å². The number of nitrogens with zero attached hydrogens (tertiary/aromatic N) is 1. The number of anilines is 1. The monoisotopic (exact) mass is 389 g/mol. The van der Waals surface area contributed by atoms with Crippen LogP contribution >= 0.6 is 35.6 Å². The average molecular weight is 390 g/mol. The lowest BCUT2D eigenvalue weighted by Crippen LogP contribution is -2.27. The van der Waals surface area contributed by atoms with E-state index < -0.39 is 0 Å². The highest BCUT2D eigenvalue weighted by atomic mass is 35.5. The van der Waals surface area contributed by atoms with E-state index in [1.54, 1.807) is 24.3 Å². The fourth-order valence-corrected chi connectivity index (χ4v) is 3.77. The molecular formula is C19H16ClNO2S2. The molecule has 2 aromatic rings. The molecule has 1 amide bonds. The van der Waals surface area contributed by atoms with Crippen LogP contribution in [0, 0.1) is 0 Å². The number of rotatable bonds is 4. The fraction of sp³-hybridized carbons (Fsp3) is 0.158. The Bertz CT molecular complexity index is 830. The van der Waals surface area contributed by atoms with Crippen LogP contribution in [0.15, 0.2) is 53.4 Å². The van der Waals surface area contributed by atoms with Crippen LogP contribution in [0.2, 0.25) is 5.02 Å². The molecule has 1 aliphatic heterocycles. The molecule has 0 aliphatic carbocycles. The summed E-state index contributed by atoms with van der Waals surface area (Å²) in [5.41, 5.74) is 1.64. The van der Waals surface area contributed by atoms with Gasteiger partial charge >= 0.3 is 0 Å². The fourth-order valence-electron chi connectivity index (χ4n) is 2.35. The van der Waals surface area contributed by atoms with Gasteiger partial charge in [-0.1, -0.05) is 47.7 Å². The Morgan fingerprint density at radius 1 is 1.12 bits per heavy atom.